The Morgan fingerprint density at radius 3 is 2.85 bits per heavy atom. The Bertz CT molecular complexity index is 762. The van der Waals surface area contributed by atoms with Gasteiger partial charge in [0.25, 0.3) is 5.91 Å². The van der Waals surface area contributed by atoms with Gasteiger partial charge in [-0.25, -0.2) is 9.18 Å². The molecule has 3 rings (SSSR count). The Labute approximate surface area is 151 Å². The highest BCUT2D eigenvalue weighted by atomic mass is 19.1. The third-order valence-electron chi connectivity index (χ3n) is 4.60. The number of hydrogen-bond donors (Lipinski definition) is 1. The summed E-state index contributed by atoms with van der Waals surface area (Å²) in [7, 11) is 1.61. The molecule has 2 aliphatic heterocycles. The maximum atomic E-state index is 14.3. The van der Waals surface area contributed by atoms with E-state index in [0.29, 0.717) is 43.0 Å². The van der Waals surface area contributed by atoms with E-state index in [0.717, 1.165) is 0 Å². The average molecular weight is 359 g/mol. The lowest BCUT2D eigenvalue weighted by atomic mass is 9.95. The van der Waals surface area contributed by atoms with Gasteiger partial charge in [-0.05, 0) is 12.5 Å². The number of halogens is 1. The van der Waals surface area contributed by atoms with E-state index in [1.165, 1.54) is 11.0 Å². The molecule has 0 radical (unpaired) electrons. The molecule has 138 valence electrons. The summed E-state index contributed by atoms with van der Waals surface area (Å²) in [5, 5.41) is 2.77. The molecule has 1 aromatic rings. The number of hydrogen-bond acceptors (Lipinski definition) is 3. The predicted molar refractivity (Wildman–Crippen MR) is 94.7 cm³/mol. The maximum absolute atomic E-state index is 14.3. The van der Waals surface area contributed by atoms with Crippen LogP contribution in [0.3, 0.4) is 0 Å². The van der Waals surface area contributed by atoms with Crippen molar-refractivity contribution in [1.82, 2.24) is 15.1 Å². The van der Waals surface area contributed by atoms with Crippen molar-refractivity contribution in [3.63, 3.8) is 0 Å². The fraction of sp³-hybridized carbons (Fsp3) is 0.368. The number of nitrogens with one attached hydrogen (secondary N) is 1. The van der Waals surface area contributed by atoms with Gasteiger partial charge in [0.15, 0.2) is 0 Å². The molecule has 0 spiro atoms. The third-order valence-corrected chi connectivity index (χ3v) is 4.60. The van der Waals surface area contributed by atoms with E-state index in [2.05, 4.69) is 11.9 Å². The lowest BCUT2D eigenvalue weighted by Crippen LogP contribution is -2.47. The van der Waals surface area contributed by atoms with Gasteiger partial charge in [-0.2, -0.15) is 0 Å². The van der Waals surface area contributed by atoms with Crippen LogP contribution in [0.4, 0.5) is 9.18 Å². The minimum absolute atomic E-state index is 0.182. The maximum Gasteiger partial charge on any atom is 0.322 e. The van der Waals surface area contributed by atoms with E-state index in [1.54, 1.807) is 36.3 Å². The lowest BCUT2D eigenvalue weighted by molar-refractivity contribution is -0.125. The Balaban J connectivity index is 1.97. The summed E-state index contributed by atoms with van der Waals surface area (Å²) in [4.78, 5) is 28.7. The van der Waals surface area contributed by atoms with Gasteiger partial charge in [-0.1, -0.05) is 24.3 Å². The standard InChI is InChI=1S/C19H22FN3O3/c1-3-9-23-15-12-22(10-6-11-26-2)18(24)16(15)17(21-19(23)25)13-7-4-5-8-14(13)20/h3-5,7-8,17H,1,6,9-12H2,2H3,(H,21,25). The van der Waals surface area contributed by atoms with Gasteiger partial charge in [-0.15, -0.1) is 6.58 Å². The number of rotatable bonds is 7. The van der Waals surface area contributed by atoms with E-state index in [9.17, 15) is 14.0 Å². The minimum Gasteiger partial charge on any atom is -0.385 e. The van der Waals surface area contributed by atoms with Crippen molar-refractivity contribution in [2.45, 2.75) is 12.5 Å². The first-order valence-electron chi connectivity index (χ1n) is 8.53. The molecule has 1 aromatic carbocycles. The molecule has 6 nitrogen and oxygen atoms in total. The second kappa shape index (κ2) is 7.70. The smallest absolute Gasteiger partial charge is 0.322 e. The molecule has 2 aliphatic rings. The summed E-state index contributed by atoms with van der Waals surface area (Å²) in [6, 6.07) is 5.04. The zero-order valence-corrected chi connectivity index (χ0v) is 14.7. The number of urea groups is 1. The molecule has 26 heavy (non-hydrogen) atoms. The van der Waals surface area contributed by atoms with E-state index in [4.69, 9.17) is 4.74 Å². The molecule has 0 saturated carbocycles. The van der Waals surface area contributed by atoms with Crippen molar-refractivity contribution >= 4 is 11.9 Å². The van der Waals surface area contributed by atoms with Crippen molar-refractivity contribution in [3.8, 4) is 0 Å². The van der Waals surface area contributed by atoms with E-state index >= 15 is 0 Å². The highest BCUT2D eigenvalue weighted by molar-refractivity contribution is 6.01. The van der Waals surface area contributed by atoms with Gasteiger partial charge in [0.2, 0.25) is 0 Å². The number of nitrogens with zero attached hydrogens (tertiary/aromatic N) is 2. The molecule has 3 amide bonds. The first-order chi connectivity index (χ1) is 12.6. The molecule has 0 bridgehead atoms. The summed E-state index contributed by atoms with van der Waals surface area (Å²) < 4.78 is 19.4. The van der Waals surface area contributed by atoms with Crippen LogP contribution in [0.1, 0.15) is 18.0 Å². The molecule has 1 unspecified atom stereocenters. The van der Waals surface area contributed by atoms with Crippen LogP contribution in [0.5, 0.6) is 0 Å². The largest absolute Gasteiger partial charge is 0.385 e. The van der Waals surface area contributed by atoms with Gasteiger partial charge >= 0.3 is 6.03 Å². The van der Waals surface area contributed by atoms with E-state index in [1.807, 2.05) is 0 Å². The van der Waals surface area contributed by atoms with Crippen LogP contribution in [-0.4, -0.2) is 55.1 Å². The van der Waals surface area contributed by atoms with Crippen LogP contribution in [0.15, 0.2) is 48.2 Å². The molecule has 7 heteroatoms. The van der Waals surface area contributed by atoms with Crippen molar-refractivity contribution in [3.05, 3.63) is 59.6 Å². The van der Waals surface area contributed by atoms with Crippen LogP contribution in [-0.2, 0) is 9.53 Å². The number of carbonyl (C=O) groups excluding carboxylic acids is 2. The van der Waals surface area contributed by atoms with E-state index in [-0.39, 0.29) is 18.5 Å². The molecule has 2 heterocycles. The van der Waals surface area contributed by atoms with Gasteiger partial charge < -0.3 is 15.0 Å². The van der Waals surface area contributed by atoms with Crippen molar-refractivity contribution in [2.24, 2.45) is 0 Å². The second-order valence-corrected chi connectivity index (χ2v) is 6.24. The fourth-order valence-corrected chi connectivity index (χ4v) is 3.39. The Hall–Kier alpha value is -2.67. The summed E-state index contributed by atoms with van der Waals surface area (Å²) in [6.07, 6.45) is 2.29. The van der Waals surface area contributed by atoms with Crippen LogP contribution < -0.4 is 5.32 Å². The van der Waals surface area contributed by atoms with Gasteiger partial charge in [0, 0.05) is 32.4 Å². The molecule has 0 aliphatic carbocycles. The molecule has 0 fully saturated rings. The third kappa shape index (κ3) is 3.22. The Morgan fingerprint density at radius 1 is 1.38 bits per heavy atom. The first kappa shape index (κ1) is 18.1. The monoisotopic (exact) mass is 359 g/mol. The van der Waals surface area contributed by atoms with Gasteiger partial charge in [0.05, 0.1) is 23.9 Å². The predicted octanol–water partition coefficient (Wildman–Crippen LogP) is 2.21. The zero-order valence-electron chi connectivity index (χ0n) is 14.7. The summed E-state index contributed by atoms with van der Waals surface area (Å²) in [5.41, 5.74) is 1.33. The lowest BCUT2D eigenvalue weighted by Gasteiger charge is -2.33. The molecule has 0 aromatic heterocycles. The van der Waals surface area contributed by atoms with E-state index < -0.39 is 11.9 Å². The number of carbonyl (C=O) groups is 2. The van der Waals surface area contributed by atoms with Crippen molar-refractivity contribution in [1.29, 1.82) is 0 Å². The quantitative estimate of drug-likeness (QED) is 0.600. The summed E-state index contributed by atoms with van der Waals surface area (Å²) in [5.74, 6) is -0.633. The van der Waals surface area contributed by atoms with Gasteiger partial charge in [-0.3, -0.25) is 9.69 Å². The summed E-state index contributed by atoms with van der Waals surface area (Å²) >= 11 is 0. The van der Waals surface area contributed by atoms with Crippen molar-refractivity contribution < 1.29 is 18.7 Å². The minimum atomic E-state index is -0.792. The molecular weight excluding hydrogens is 337 g/mol. The van der Waals surface area contributed by atoms with Crippen LogP contribution in [0, 0.1) is 5.82 Å². The second-order valence-electron chi connectivity index (χ2n) is 6.24. The number of methoxy groups -OCH3 is 1. The number of benzene rings is 1. The van der Waals surface area contributed by atoms with Crippen LogP contribution in [0.25, 0.3) is 0 Å². The van der Waals surface area contributed by atoms with Gasteiger partial charge in [0.1, 0.15) is 5.82 Å². The number of amides is 3. The fourth-order valence-electron chi connectivity index (χ4n) is 3.39. The van der Waals surface area contributed by atoms with Crippen molar-refractivity contribution in [2.75, 3.05) is 33.4 Å². The molecule has 1 N–H and O–H groups in total. The SMILES string of the molecule is C=CCN1C(=O)NC(c2ccccc2F)C2=C1CN(CCCOC)C2=O. The highest BCUT2D eigenvalue weighted by Gasteiger charge is 2.44. The average Bonchev–Trinajstić information content (AvgIpc) is 2.95. The Morgan fingerprint density at radius 2 is 2.15 bits per heavy atom. The van der Waals surface area contributed by atoms with Crippen LogP contribution >= 0.6 is 0 Å². The normalized spacial score (nSPS) is 19.7. The molecular formula is C19H22FN3O3. The zero-order chi connectivity index (χ0) is 18.7. The first-order valence-corrected chi connectivity index (χ1v) is 8.53. The highest BCUT2D eigenvalue weighted by Crippen LogP contribution is 2.37. The topological polar surface area (TPSA) is 61.9 Å². The Kier molecular flexibility index (Phi) is 5.37. The summed E-state index contributed by atoms with van der Waals surface area (Å²) in [6.45, 7) is 5.34. The molecule has 1 atom stereocenters. The molecule has 0 saturated heterocycles. The van der Waals surface area contributed by atoms with Crippen LogP contribution in [0.2, 0.25) is 0 Å². The number of ether oxygens (including phenoxy) is 1.